The fourth-order valence-electron chi connectivity index (χ4n) is 4.27. The molecule has 3 aromatic rings. The van der Waals surface area contributed by atoms with Crippen molar-refractivity contribution in [3.63, 3.8) is 0 Å². The smallest absolute Gasteiger partial charge is 0.300 e. The van der Waals surface area contributed by atoms with Crippen LogP contribution in [0.4, 0.5) is 5.69 Å². The van der Waals surface area contributed by atoms with Crippen LogP contribution in [0, 0.1) is 20.8 Å². The second-order valence-electron chi connectivity index (χ2n) is 8.51. The van der Waals surface area contributed by atoms with Crippen molar-refractivity contribution in [2.45, 2.75) is 33.7 Å². The molecule has 1 atom stereocenters. The van der Waals surface area contributed by atoms with Gasteiger partial charge >= 0.3 is 0 Å². The van der Waals surface area contributed by atoms with E-state index in [1.807, 2.05) is 19.9 Å². The van der Waals surface area contributed by atoms with Gasteiger partial charge in [-0.25, -0.2) is 0 Å². The molecule has 0 aliphatic carbocycles. The predicted molar refractivity (Wildman–Crippen MR) is 136 cm³/mol. The average Bonchev–Trinajstić information content (AvgIpc) is 3.09. The highest BCUT2D eigenvalue weighted by Crippen LogP contribution is 2.45. The molecule has 0 spiro atoms. The molecule has 35 heavy (non-hydrogen) atoms. The number of carbonyl (C=O) groups is 2. The Morgan fingerprint density at radius 1 is 1.03 bits per heavy atom. The quantitative estimate of drug-likeness (QED) is 0.260. The van der Waals surface area contributed by atoms with E-state index < -0.39 is 17.7 Å². The van der Waals surface area contributed by atoms with Crippen molar-refractivity contribution in [1.82, 2.24) is 0 Å². The van der Waals surface area contributed by atoms with E-state index in [-0.39, 0.29) is 22.8 Å². The molecule has 1 fully saturated rings. The molecule has 4 rings (SSSR count). The van der Waals surface area contributed by atoms with Crippen molar-refractivity contribution in [3.8, 4) is 11.5 Å². The standard InChI is InChI=1S/C28H26ClNO5/c1-5-35-23-14-18(11-12-22(23)31)25-24(26(32)19-10-9-15(2)16(3)13-19)27(33)28(34)30(25)21-8-6-7-20(29)17(21)4/h6-14,25,31-32H,5H2,1-4H3/b26-24+. The van der Waals surface area contributed by atoms with E-state index in [2.05, 4.69) is 0 Å². The minimum atomic E-state index is -0.964. The highest BCUT2D eigenvalue weighted by Gasteiger charge is 2.47. The third kappa shape index (κ3) is 4.26. The molecule has 1 heterocycles. The topological polar surface area (TPSA) is 87.1 Å². The van der Waals surface area contributed by atoms with Crippen molar-refractivity contribution >= 4 is 34.7 Å². The number of aliphatic hydroxyl groups is 1. The first kappa shape index (κ1) is 24.4. The van der Waals surface area contributed by atoms with Crippen LogP contribution in [0.15, 0.2) is 60.2 Å². The third-order valence-electron chi connectivity index (χ3n) is 6.32. The van der Waals surface area contributed by atoms with Crippen LogP contribution in [0.3, 0.4) is 0 Å². The number of amides is 1. The highest BCUT2D eigenvalue weighted by atomic mass is 35.5. The SMILES string of the molecule is CCOc1cc(C2/C(=C(\O)c3ccc(C)c(C)c3)C(=O)C(=O)N2c2cccc(Cl)c2C)ccc1O. The molecule has 7 heteroatoms. The minimum absolute atomic E-state index is 0.0502. The molecule has 0 bridgehead atoms. The summed E-state index contributed by atoms with van der Waals surface area (Å²) in [6.07, 6.45) is 0. The fourth-order valence-corrected chi connectivity index (χ4v) is 4.44. The van der Waals surface area contributed by atoms with Gasteiger partial charge in [-0.05, 0) is 80.3 Å². The van der Waals surface area contributed by atoms with E-state index in [9.17, 15) is 19.8 Å². The normalized spacial score (nSPS) is 17.2. The van der Waals surface area contributed by atoms with Crippen molar-refractivity contribution in [1.29, 1.82) is 0 Å². The predicted octanol–water partition coefficient (Wildman–Crippen LogP) is 6.00. The Morgan fingerprint density at radius 3 is 2.46 bits per heavy atom. The lowest BCUT2D eigenvalue weighted by molar-refractivity contribution is -0.132. The number of aromatic hydroxyl groups is 1. The van der Waals surface area contributed by atoms with Crippen LogP contribution in [0.2, 0.25) is 5.02 Å². The number of Topliss-reactive ketones (excluding diaryl/α,β-unsaturated/α-hetero) is 1. The van der Waals surface area contributed by atoms with Crippen LogP contribution in [-0.2, 0) is 9.59 Å². The minimum Gasteiger partial charge on any atom is -0.507 e. The highest BCUT2D eigenvalue weighted by molar-refractivity contribution is 6.52. The zero-order chi connectivity index (χ0) is 25.4. The van der Waals surface area contributed by atoms with Gasteiger partial charge in [0.2, 0.25) is 0 Å². The third-order valence-corrected chi connectivity index (χ3v) is 6.73. The monoisotopic (exact) mass is 491 g/mol. The Bertz CT molecular complexity index is 1380. The van der Waals surface area contributed by atoms with E-state index in [0.717, 1.165) is 11.1 Å². The summed E-state index contributed by atoms with van der Waals surface area (Å²) in [7, 11) is 0. The molecule has 3 aromatic carbocycles. The molecule has 0 aromatic heterocycles. The molecular weight excluding hydrogens is 466 g/mol. The zero-order valence-electron chi connectivity index (χ0n) is 19.9. The van der Waals surface area contributed by atoms with E-state index in [1.54, 1.807) is 56.3 Å². The van der Waals surface area contributed by atoms with Crippen molar-refractivity contribution in [2.75, 3.05) is 11.5 Å². The van der Waals surface area contributed by atoms with Crippen LogP contribution < -0.4 is 9.64 Å². The fraction of sp³-hybridized carbons (Fsp3) is 0.214. The van der Waals surface area contributed by atoms with Crippen LogP contribution in [-0.4, -0.2) is 28.5 Å². The molecule has 1 aliphatic rings. The van der Waals surface area contributed by atoms with Gasteiger partial charge in [0.1, 0.15) is 5.76 Å². The van der Waals surface area contributed by atoms with E-state index in [0.29, 0.717) is 34.0 Å². The first-order valence-corrected chi connectivity index (χ1v) is 11.6. The number of hydrogen-bond donors (Lipinski definition) is 2. The largest absolute Gasteiger partial charge is 0.507 e. The van der Waals surface area contributed by atoms with E-state index in [1.165, 1.54) is 11.0 Å². The van der Waals surface area contributed by atoms with Gasteiger partial charge in [-0.3, -0.25) is 14.5 Å². The lowest BCUT2D eigenvalue weighted by Gasteiger charge is -2.27. The number of hydrogen-bond acceptors (Lipinski definition) is 5. The lowest BCUT2D eigenvalue weighted by Crippen LogP contribution is -2.30. The van der Waals surface area contributed by atoms with Crippen molar-refractivity contribution in [2.24, 2.45) is 0 Å². The summed E-state index contributed by atoms with van der Waals surface area (Å²) in [6, 6.07) is 14.1. The Balaban J connectivity index is 2.00. The van der Waals surface area contributed by atoms with Crippen molar-refractivity contribution in [3.05, 3.63) is 93.0 Å². The van der Waals surface area contributed by atoms with Gasteiger partial charge in [-0.1, -0.05) is 35.9 Å². The van der Waals surface area contributed by atoms with Gasteiger partial charge in [0.05, 0.1) is 18.2 Å². The summed E-state index contributed by atoms with van der Waals surface area (Å²) in [4.78, 5) is 28.1. The molecule has 0 saturated carbocycles. The molecule has 1 unspecified atom stereocenters. The average molecular weight is 492 g/mol. The second kappa shape index (κ2) is 9.47. The number of ketones is 1. The van der Waals surface area contributed by atoms with Crippen LogP contribution in [0.5, 0.6) is 11.5 Å². The Labute approximate surface area is 209 Å². The summed E-state index contributed by atoms with van der Waals surface area (Å²) in [5.41, 5.74) is 3.93. The lowest BCUT2D eigenvalue weighted by atomic mass is 9.93. The Kier molecular flexibility index (Phi) is 6.59. The number of phenols is 1. The maximum Gasteiger partial charge on any atom is 0.300 e. The number of aliphatic hydroxyl groups excluding tert-OH is 1. The van der Waals surface area contributed by atoms with Gasteiger partial charge in [0.25, 0.3) is 11.7 Å². The maximum atomic E-state index is 13.4. The van der Waals surface area contributed by atoms with Crippen molar-refractivity contribution < 1.29 is 24.5 Å². The number of aryl methyl sites for hydroxylation is 2. The molecule has 1 saturated heterocycles. The number of rotatable bonds is 5. The number of carbonyl (C=O) groups excluding carboxylic acids is 2. The number of ether oxygens (including phenoxy) is 1. The number of benzene rings is 3. The first-order chi connectivity index (χ1) is 16.6. The maximum absolute atomic E-state index is 13.4. The Hall–Kier alpha value is -3.77. The first-order valence-electron chi connectivity index (χ1n) is 11.2. The van der Waals surface area contributed by atoms with Gasteiger partial charge in [0.15, 0.2) is 11.5 Å². The summed E-state index contributed by atoms with van der Waals surface area (Å²) >= 11 is 6.35. The van der Waals surface area contributed by atoms with E-state index >= 15 is 0 Å². The van der Waals surface area contributed by atoms with Gasteiger partial charge in [0, 0.05) is 16.3 Å². The molecule has 1 amide bonds. The van der Waals surface area contributed by atoms with E-state index in [4.69, 9.17) is 16.3 Å². The number of phenolic OH excluding ortho intramolecular Hbond substituents is 1. The van der Waals surface area contributed by atoms with Crippen LogP contribution in [0.1, 0.15) is 40.8 Å². The molecule has 0 radical (unpaired) electrons. The Morgan fingerprint density at radius 2 is 1.77 bits per heavy atom. The molecule has 1 aliphatic heterocycles. The molecule has 6 nitrogen and oxygen atoms in total. The van der Waals surface area contributed by atoms with Gasteiger partial charge in [-0.2, -0.15) is 0 Å². The number of anilines is 1. The van der Waals surface area contributed by atoms with Crippen LogP contribution in [0.25, 0.3) is 5.76 Å². The van der Waals surface area contributed by atoms with Gasteiger partial charge < -0.3 is 14.9 Å². The van der Waals surface area contributed by atoms with Crippen LogP contribution >= 0.6 is 11.6 Å². The number of nitrogens with zero attached hydrogens (tertiary/aromatic N) is 1. The molecular formula is C28H26ClNO5. The molecule has 2 N–H and O–H groups in total. The second-order valence-corrected chi connectivity index (χ2v) is 8.92. The zero-order valence-corrected chi connectivity index (χ0v) is 20.7. The summed E-state index contributed by atoms with van der Waals surface area (Å²) in [6.45, 7) is 7.72. The number of halogens is 1. The van der Waals surface area contributed by atoms with Gasteiger partial charge in [-0.15, -0.1) is 0 Å². The molecule has 180 valence electrons. The summed E-state index contributed by atoms with van der Waals surface area (Å²) < 4.78 is 5.55. The summed E-state index contributed by atoms with van der Waals surface area (Å²) in [5.74, 6) is -1.72. The summed E-state index contributed by atoms with van der Waals surface area (Å²) in [5, 5.41) is 22.0.